The minimum atomic E-state index is -0.271. The van der Waals surface area contributed by atoms with E-state index >= 15 is 0 Å². The van der Waals surface area contributed by atoms with Crippen molar-refractivity contribution in [3.05, 3.63) is 28.9 Å². The Morgan fingerprint density at radius 2 is 1.84 bits per heavy atom. The van der Waals surface area contributed by atoms with Crippen LogP contribution < -0.4 is 5.56 Å². The molecular formula is C18H23N5O2. The Balaban J connectivity index is 1.37. The van der Waals surface area contributed by atoms with E-state index in [0.29, 0.717) is 23.4 Å². The Morgan fingerprint density at radius 3 is 2.52 bits per heavy atom. The van der Waals surface area contributed by atoms with Crippen molar-refractivity contribution in [3.63, 3.8) is 0 Å². The second-order valence-corrected chi connectivity index (χ2v) is 8.18. The summed E-state index contributed by atoms with van der Waals surface area (Å²) in [4.78, 5) is 27.2. The lowest BCUT2D eigenvalue weighted by Crippen LogP contribution is -2.57. The number of hydrogen-bond donors (Lipinski definition) is 0. The molecule has 0 radical (unpaired) electrons. The molecule has 7 heteroatoms. The molecule has 0 unspecified atom stereocenters. The Bertz CT molecular complexity index is 857. The molecule has 2 heterocycles. The first-order valence-corrected chi connectivity index (χ1v) is 9.25. The summed E-state index contributed by atoms with van der Waals surface area (Å²) in [6.45, 7) is -0.000188. The zero-order chi connectivity index (χ0) is 17.1. The van der Waals surface area contributed by atoms with Crippen molar-refractivity contribution >= 4 is 11.4 Å². The molecule has 6 rings (SSSR count). The number of fused-ring (bicyclic) bond motifs is 1. The molecule has 0 saturated heterocycles. The fourth-order valence-corrected chi connectivity index (χ4v) is 5.92. The van der Waals surface area contributed by atoms with Crippen molar-refractivity contribution in [1.29, 1.82) is 0 Å². The summed E-state index contributed by atoms with van der Waals surface area (Å²) in [5.74, 6) is 3.04. The zero-order valence-corrected chi connectivity index (χ0v) is 14.4. The lowest BCUT2D eigenvalue weighted by molar-refractivity contribution is -0.142. The topological polar surface area (TPSA) is 72.5 Å². The van der Waals surface area contributed by atoms with E-state index in [1.165, 1.54) is 47.6 Å². The van der Waals surface area contributed by atoms with Gasteiger partial charge >= 0.3 is 0 Å². The van der Waals surface area contributed by atoms with Crippen molar-refractivity contribution in [2.75, 3.05) is 7.05 Å². The number of nitrogens with zero attached hydrogens (tertiary/aromatic N) is 5. The van der Waals surface area contributed by atoms with Crippen LogP contribution in [0.2, 0.25) is 0 Å². The fourth-order valence-electron chi connectivity index (χ4n) is 5.92. The van der Waals surface area contributed by atoms with Crippen LogP contribution in [0.3, 0.4) is 0 Å². The molecule has 0 spiro atoms. The van der Waals surface area contributed by atoms with Crippen LogP contribution in [0.5, 0.6) is 0 Å². The molecule has 0 N–H and O–H groups in total. The molecule has 4 bridgehead atoms. The van der Waals surface area contributed by atoms with Gasteiger partial charge in [-0.25, -0.2) is 9.20 Å². The molecule has 2 aromatic rings. The quantitative estimate of drug-likeness (QED) is 0.840. The minimum Gasteiger partial charge on any atom is -0.341 e. The highest BCUT2D eigenvalue weighted by molar-refractivity contribution is 5.76. The van der Waals surface area contributed by atoms with Crippen LogP contribution in [0.15, 0.2) is 23.4 Å². The minimum absolute atomic E-state index is 0.000188. The third-order valence-electron chi connectivity index (χ3n) is 6.73. The van der Waals surface area contributed by atoms with Gasteiger partial charge in [0.15, 0.2) is 0 Å². The SMILES string of the molecule is CN(C(=O)Cn1ncn2nccc2c1=O)C1C2CC3CC(C2)CC1C3. The maximum absolute atomic E-state index is 12.9. The van der Waals surface area contributed by atoms with Gasteiger partial charge in [-0.15, -0.1) is 0 Å². The van der Waals surface area contributed by atoms with E-state index in [-0.39, 0.29) is 18.0 Å². The Morgan fingerprint density at radius 1 is 1.16 bits per heavy atom. The van der Waals surface area contributed by atoms with Crippen LogP contribution in [-0.4, -0.2) is 43.3 Å². The summed E-state index contributed by atoms with van der Waals surface area (Å²) < 4.78 is 2.69. The van der Waals surface area contributed by atoms with Crippen molar-refractivity contribution in [2.24, 2.45) is 23.7 Å². The highest BCUT2D eigenvalue weighted by atomic mass is 16.2. The number of amides is 1. The van der Waals surface area contributed by atoms with Gasteiger partial charge < -0.3 is 4.90 Å². The summed E-state index contributed by atoms with van der Waals surface area (Å²) in [5.41, 5.74) is 0.173. The van der Waals surface area contributed by atoms with Gasteiger partial charge in [0.25, 0.3) is 5.56 Å². The van der Waals surface area contributed by atoms with Crippen molar-refractivity contribution in [1.82, 2.24) is 24.3 Å². The molecule has 4 saturated carbocycles. The molecule has 0 aliphatic heterocycles. The van der Waals surface area contributed by atoms with E-state index in [2.05, 4.69) is 10.2 Å². The normalized spacial score (nSPS) is 33.1. The summed E-state index contributed by atoms with van der Waals surface area (Å²) in [7, 11) is 1.91. The fraction of sp³-hybridized carbons (Fsp3) is 0.667. The van der Waals surface area contributed by atoms with Crippen molar-refractivity contribution in [2.45, 2.75) is 44.7 Å². The first kappa shape index (κ1) is 15.1. The number of carbonyl (C=O) groups is 1. The Labute approximate surface area is 145 Å². The predicted octanol–water partition coefficient (Wildman–Crippen LogP) is 1.17. The largest absolute Gasteiger partial charge is 0.341 e. The summed E-state index contributed by atoms with van der Waals surface area (Å²) >= 11 is 0. The average Bonchev–Trinajstić information content (AvgIpc) is 3.05. The summed E-state index contributed by atoms with van der Waals surface area (Å²) in [5, 5.41) is 8.10. The van der Waals surface area contributed by atoms with Gasteiger partial charge in [-0.1, -0.05) is 0 Å². The van der Waals surface area contributed by atoms with Crippen LogP contribution in [-0.2, 0) is 11.3 Å². The highest BCUT2D eigenvalue weighted by Crippen LogP contribution is 2.54. The number of hydrogen-bond acceptors (Lipinski definition) is 4. The van der Waals surface area contributed by atoms with Crippen LogP contribution >= 0.6 is 0 Å². The molecule has 132 valence electrons. The van der Waals surface area contributed by atoms with Gasteiger partial charge in [0.1, 0.15) is 18.4 Å². The summed E-state index contributed by atoms with van der Waals surface area (Å²) in [6.07, 6.45) is 9.54. The second-order valence-electron chi connectivity index (χ2n) is 8.18. The van der Waals surface area contributed by atoms with E-state index in [4.69, 9.17) is 0 Å². The molecule has 4 aliphatic carbocycles. The zero-order valence-electron chi connectivity index (χ0n) is 14.4. The lowest BCUT2D eigenvalue weighted by atomic mass is 9.54. The summed E-state index contributed by atoms with van der Waals surface area (Å²) in [6, 6.07) is 1.99. The van der Waals surface area contributed by atoms with Gasteiger partial charge in [0.2, 0.25) is 5.91 Å². The third kappa shape index (κ3) is 2.32. The van der Waals surface area contributed by atoms with E-state index in [9.17, 15) is 9.59 Å². The van der Waals surface area contributed by atoms with Crippen LogP contribution in [0.25, 0.3) is 5.52 Å². The molecule has 0 atom stereocenters. The first-order valence-electron chi connectivity index (χ1n) is 9.25. The highest BCUT2D eigenvalue weighted by Gasteiger charge is 2.50. The van der Waals surface area contributed by atoms with Crippen LogP contribution in [0.1, 0.15) is 32.1 Å². The number of carbonyl (C=O) groups excluding carboxylic acids is 1. The number of rotatable bonds is 3. The molecule has 1 amide bonds. The predicted molar refractivity (Wildman–Crippen MR) is 90.9 cm³/mol. The van der Waals surface area contributed by atoms with Gasteiger partial charge in [-0.3, -0.25) is 9.59 Å². The maximum Gasteiger partial charge on any atom is 0.293 e. The van der Waals surface area contributed by atoms with Crippen LogP contribution in [0, 0.1) is 23.7 Å². The van der Waals surface area contributed by atoms with Crippen LogP contribution in [0.4, 0.5) is 0 Å². The molecule has 2 aromatic heterocycles. The molecule has 25 heavy (non-hydrogen) atoms. The number of likely N-dealkylation sites (N-methyl/N-ethyl adjacent to an activating group) is 1. The van der Waals surface area contributed by atoms with E-state index in [0.717, 1.165) is 11.8 Å². The lowest BCUT2D eigenvalue weighted by Gasteiger charge is -2.56. The van der Waals surface area contributed by atoms with E-state index in [1.807, 2.05) is 11.9 Å². The van der Waals surface area contributed by atoms with Gasteiger partial charge in [0, 0.05) is 13.1 Å². The molecule has 0 aromatic carbocycles. The van der Waals surface area contributed by atoms with Gasteiger partial charge in [0.05, 0.1) is 6.20 Å². The number of aromatic nitrogens is 4. The first-order chi connectivity index (χ1) is 12.1. The monoisotopic (exact) mass is 341 g/mol. The second kappa shape index (κ2) is 5.41. The Kier molecular flexibility index (Phi) is 3.27. The smallest absolute Gasteiger partial charge is 0.293 e. The van der Waals surface area contributed by atoms with Crippen molar-refractivity contribution < 1.29 is 4.79 Å². The van der Waals surface area contributed by atoms with E-state index in [1.54, 1.807) is 12.3 Å². The van der Waals surface area contributed by atoms with Crippen molar-refractivity contribution in [3.8, 4) is 0 Å². The molecule has 7 nitrogen and oxygen atoms in total. The average molecular weight is 341 g/mol. The van der Waals surface area contributed by atoms with Gasteiger partial charge in [-0.05, 0) is 61.8 Å². The molecular weight excluding hydrogens is 318 g/mol. The third-order valence-corrected chi connectivity index (χ3v) is 6.73. The Hall–Kier alpha value is -2.18. The van der Waals surface area contributed by atoms with E-state index < -0.39 is 0 Å². The molecule has 4 fully saturated rings. The standard InChI is InChI=1S/C18H23N5O2/c1-21(17-13-5-11-4-12(7-13)8-14(17)6-11)16(24)9-22-18(25)15-2-3-19-23(15)10-20-22/h2-3,10-14,17H,4-9H2,1H3. The maximum atomic E-state index is 12.9. The van der Waals surface area contributed by atoms with Gasteiger partial charge in [-0.2, -0.15) is 10.2 Å². The molecule has 4 aliphatic rings.